The van der Waals surface area contributed by atoms with E-state index in [4.69, 9.17) is 16.3 Å². The van der Waals surface area contributed by atoms with E-state index in [1.807, 2.05) is 29.2 Å². The molecule has 7 nitrogen and oxygen atoms in total. The maximum atomic E-state index is 16.6. The first-order valence-electron chi connectivity index (χ1n) is 14.4. The third-order valence-corrected chi connectivity index (χ3v) is 8.84. The number of likely N-dealkylation sites (tertiary alicyclic amines) is 1. The number of hydrogen-bond acceptors (Lipinski definition) is 7. The van der Waals surface area contributed by atoms with E-state index >= 15 is 4.39 Å². The van der Waals surface area contributed by atoms with Gasteiger partial charge in [-0.15, -0.1) is 0 Å². The molecule has 3 aromatic carbocycles. The lowest BCUT2D eigenvalue weighted by atomic mass is 9.96. The van der Waals surface area contributed by atoms with Crippen LogP contribution in [0.2, 0.25) is 5.02 Å². The summed E-state index contributed by atoms with van der Waals surface area (Å²) in [7, 11) is 0. The Balaban J connectivity index is 1.33. The number of alkyl halides is 2. The molecule has 0 saturated carbocycles. The maximum absolute atomic E-state index is 16.6. The van der Waals surface area contributed by atoms with Gasteiger partial charge in [0.05, 0.1) is 11.6 Å². The number of hydrogen-bond donors (Lipinski definition) is 2. The van der Waals surface area contributed by atoms with Crippen LogP contribution in [0.1, 0.15) is 25.7 Å². The summed E-state index contributed by atoms with van der Waals surface area (Å²) in [5.74, 6) is -3.49. The van der Waals surface area contributed by atoms with Crippen LogP contribution >= 0.6 is 11.6 Å². The number of aromatic nitrogens is 2. The molecule has 2 unspecified atom stereocenters. The Hall–Kier alpha value is -3.34. The van der Waals surface area contributed by atoms with Gasteiger partial charge in [0.2, 0.25) is 0 Å². The normalized spacial score (nSPS) is 21.1. The monoisotopic (exact) mass is 597 g/mol. The summed E-state index contributed by atoms with van der Waals surface area (Å²) in [5, 5.41) is 15.9. The van der Waals surface area contributed by atoms with E-state index < -0.39 is 24.9 Å². The van der Waals surface area contributed by atoms with Crippen molar-refractivity contribution in [3.8, 4) is 22.9 Å². The van der Waals surface area contributed by atoms with Gasteiger partial charge < -0.3 is 20.1 Å². The molecule has 3 aliphatic heterocycles. The molecule has 220 valence electrons. The van der Waals surface area contributed by atoms with E-state index in [0.29, 0.717) is 53.7 Å². The van der Waals surface area contributed by atoms with Crippen molar-refractivity contribution in [2.75, 3.05) is 44.2 Å². The van der Waals surface area contributed by atoms with Crippen molar-refractivity contribution in [3.05, 3.63) is 53.3 Å². The number of nitrogens with zero attached hydrogens (tertiary/aromatic N) is 4. The number of nitrogens with one attached hydrogen (secondary N) is 1. The van der Waals surface area contributed by atoms with Gasteiger partial charge in [-0.1, -0.05) is 35.9 Å². The first kappa shape index (κ1) is 27.5. The molecule has 3 aliphatic rings. The van der Waals surface area contributed by atoms with Crippen molar-refractivity contribution in [1.82, 2.24) is 20.2 Å². The second-order valence-corrected chi connectivity index (χ2v) is 12.1. The van der Waals surface area contributed by atoms with Gasteiger partial charge in [0.15, 0.2) is 12.4 Å². The summed E-state index contributed by atoms with van der Waals surface area (Å²) in [5.41, 5.74) is 0.386. The summed E-state index contributed by atoms with van der Waals surface area (Å²) in [4.78, 5) is 12.6. The molecule has 4 heterocycles. The Bertz CT molecular complexity index is 1650. The van der Waals surface area contributed by atoms with Crippen molar-refractivity contribution >= 4 is 39.1 Å². The molecule has 0 aliphatic carbocycles. The molecule has 4 aromatic rings. The average Bonchev–Trinajstić information content (AvgIpc) is 3.59. The predicted molar refractivity (Wildman–Crippen MR) is 157 cm³/mol. The van der Waals surface area contributed by atoms with Crippen LogP contribution in [0.4, 0.5) is 19.0 Å². The molecule has 1 aromatic heterocycles. The molecule has 2 atom stereocenters. The number of phenols is 1. The second kappa shape index (κ2) is 10.7. The minimum atomic E-state index is -3.12. The molecule has 7 rings (SSSR count). The van der Waals surface area contributed by atoms with E-state index in [-0.39, 0.29) is 39.9 Å². The number of benzene rings is 3. The molecule has 42 heavy (non-hydrogen) atoms. The van der Waals surface area contributed by atoms with Crippen molar-refractivity contribution < 1.29 is 23.0 Å². The predicted octanol–water partition coefficient (Wildman–Crippen LogP) is 6.00. The van der Waals surface area contributed by atoms with E-state index in [1.54, 1.807) is 17.0 Å². The minimum Gasteiger partial charge on any atom is -0.508 e. The fourth-order valence-electron chi connectivity index (χ4n) is 6.67. The van der Waals surface area contributed by atoms with E-state index in [9.17, 15) is 13.9 Å². The highest BCUT2D eigenvalue weighted by molar-refractivity contribution is 6.35. The fourth-order valence-corrected chi connectivity index (χ4v) is 6.96. The summed E-state index contributed by atoms with van der Waals surface area (Å²) in [6.07, 6.45) is 3.83. The van der Waals surface area contributed by atoms with Gasteiger partial charge in [0.1, 0.15) is 17.1 Å². The molecule has 2 N–H and O–H groups in total. The highest BCUT2D eigenvalue weighted by atomic mass is 35.5. The molecule has 3 saturated heterocycles. The van der Waals surface area contributed by atoms with Crippen molar-refractivity contribution in [1.29, 1.82) is 0 Å². The largest absolute Gasteiger partial charge is 0.508 e. The van der Waals surface area contributed by atoms with E-state index in [2.05, 4.69) is 15.3 Å². The number of ether oxygens (including phenoxy) is 1. The lowest BCUT2D eigenvalue weighted by Crippen LogP contribution is -2.51. The number of anilines is 1. The Kier molecular flexibility index (Phi) is 7.03. The number of aromatic hydroxyl groups is 1. The van der Waals surface area contributed by atoms with Crippen LogP contribution in [0.5, 0.6) is 11.8 Å². The molecule has 3 fully saturated rings. The number of fused-ring (bicyclic) bond motifs is 4. The third kappa shape index (κ3) is 5.20. The number of rotatable bonds is 7. The van der Waals surface area contributed by atoms with Crippen molar-refractivity contribution in [2.24, 2.45) is 0 Å². The Morgan fingerprint density at radius 1 is 1.02 bits per heavy atom. The number of phenolic OH excluding ortho intramolecular Hbond substituents is 1. The van der Waals surface area contributed by atoms with Gasteiger partial charge in [-0.25, -0.2) is 13.2 Å². The van der Waals surface area contributed by atoms with Gasteiger partial charge in [0.25, 0.3) is 5.92 Å². The lowest BCUT2D eigenvalue weighted by Gasteiger charge is -2.34. The molecular formula is C31H31ClF3N5O2. The zero-order valence-corrected chi connectivity index (χ0v) is 23.7. The summed E-state index contributed by atoms with van der Waals surface area (Å²) >= 11 is 6.77. The van der Waals surface area contributed by atoms with Crippen LogP contribution < -0.4 is 15.0 Å². The number of piperazine rings is 1. The second-order valence-electron chi connectivity index (χ2n) is 11.7. The third-order valence-electron chi connectivity index (χ3n) is 8.54. The van der Waals surface area contributed by atoms with Gasteiger partial charge in [-0.3, -0.25) is 4.90 Å². The van der Waals surface area contributed by atoms with Gasteiger partial charge >= 0.3 is 6.01 Å². The van der Waals surface area contributed by atoms with Crippen LogP contribution in [0.15, 0.2) is 42.5 Å². The van der Waals surface area contributed by atoms with Gasteiger partial charge in [-0.2, -0.15) is 9.97 Å². The van der Waals surface area contributed by atoms with Crippen molar-refractivity contribution in [3.63, 3.8) is 0 Å². The Morgan fingerprint density at radius 3 is 2.52 bits per heavy atom. The van der Waals surface area contributed by atoms with Crippen LogP contribution in [0.25, 0.3) is 32.8 Å². The zero-order chi connectivity index (χ0) is 29.0. The van der Waals surface area contributed by atoms with Crippen LogP contribution in [0, 0.1) is 5.82 Å². The fraction of sp³-hybridized carbons (Fsp3) is 0.419. The molecule has 0 amide bonds. The quantitative estimate of drug-likeness (QED) is 0.271. The lowest BCUT2D eigenvalue weighted by molar-refractivity contribution is -0.0634. The maximum Gasteiger partial charge on any atom is 0.319 e. The van der Waals surface area contributed by atoms with Gasteiger partial charge in [0, 0.05) is 36.1 Å². The molecule has 0 spiro atoms. The topological polar surface area (TPSA) is 73.8 Å². The van der Waals surface area contributed by atoms with Crippen LogP contribution in [-0.4, -0.2) is 77.3 Å². The summed E-state index contributed by atoms with van der Waals surface area (Å²) < 4.78 is 51.9. The SMILES string of the molecule is Oc1cc(-c2c(Cl)cc3c(N4CC5CCC(C4)N5)nc(OCC(F)(F)CN4CCCC4)nc3c2F)c2ccccc2c1. The minimum absolute atomic E-state index is 0.0387. The zero-order valence-electron chi connectivity index (χ0n) is 22.9. The van der Waals surface area contributed by atoms with Crippen LogP contribution in [-0.2, 0) is 0 Å². The molecular weight excluding hydrogens is 567 g/mol. The number of halogens is 4. The summed E-state index contributed by atoms with van der Waals surface area (Å²) in [6.45, 7) is 1.20. The Morgan fingerprint density at radius 2 is 1.76 bits per heavy atom. The molecule has 11 heteroatoms. The summed E-state index contributed by atoms with van der Waals surface area (Å²) in [6, 6.07) is 12.2. The van der Waals surface area contributed by atoms with E-state index in [0.717, 1.165) is 25.7 Å². The highest BCUT2D eigenvalue weighted by Gasteiger charge is 2.36. The first-order chi connectivity index (χ1) is 20.2. The average molecular weight is 598 g/mol. The first-order valence-corrected chi connectivity index (χ1v) is 14.8. The Labute approximate surface area is 246 Å². The smallest absolute Gasteiger partial charge is 0.319 e. The highest BCUT2D eigenvalue weighted by Crippen LogP contribution is 2.43. The van der Waals surface area contributed by atoms with E-state index in [1.165, 1.54) is 6.07 Å². The van der Waals surface area contributed by atoms with Crippen molar-refractivity contribution in [2.45, 2.75) is 43.7 Å². The standard InChI is InChI=1S/C31H31ClF3N5O2/c32-25-13-24-28(27(33)26(25)23-12-21(41)11-18-5-1-2-6-22(18)23)37-30(42-17-31(34,35)16-39-9-3-4-10-39)38-29(24)40-14-19-7-8-20(15-40)36-19/h1-2,5-6,11-13,19-20,36,41H,3-4,7-10,14-17H2. The van der Waals surface area contributed by atoms with Gasteiger partial charge in [-0.05, 0) is 73.3 Å². The van der Waals surface area contributed by atoms with Crippen LogP contribution in [0.3, 0.4) is 0 Å². The molecule has 0 radical (unpaired) electrons. The molecule has 2 bridgehead atoms.